The Morgan fingerprint density at radius 3 is 2.95 bits per heavy atom. The zero-order chi connectivity index (χ0) is 14.5. The van der Waals surface area contributed by atoms with Crippen molar-refractivity contribution in [3.05, 3.63) is 23.6 Å². The first-order valence-corrected chi connectivity index (χ1v) is 7.32. The Morgan fingerprint density at radius 1 is 1.50 bits per heavy atom. The summed E-state index contributed by atoms with van der Waals surface area (Å²) < 4.78 is 13.3. The Bertz CT molecular complexity index is 478. The molecule has 2 rings (SSSR count). The first-order valence-electron chi connectivity index (χ1n) is 7.32. The van der Waals surface area contributed by atoms with Gasteiger partial charge >= 0.3 is 0 Å². The van der Waals surface area contributed by atoms with E-state index in [1.165, 1.54) is 6.07 Å². The first-order chi connectivity index (χ1) is 9.61. The van der Waals surface area contributed by atoms with Gasteiger partial charge in [0.2, 0.25) is 0 Å². The van der Waals surface area contributed by atoms with Gasteiger partial charge < -0.3 is 10.6 Å². The van der Waals surface area contributed by atoms with E-state index >= 15 is 0 Å². The lowest BCUT2D eigenvalue weighted by Crippen LogP contribution is -2.37. The highest BCUT2D eigenvalue weighted by molar-refractivity contribution is 5.98. The van der Waals surface area contributed by atoms with Crippen LogP contribution in [0.4, 0.5) is 10.2 Å². The summed E-state index contributed by atoms with van der Waals surface area (Å²) in [6.07, 6.45) is 5.31. The molecule has 0 spiro atoms. The van der Waals surface area contributed by atoms with E-state index in [0.717, 1.165) is 31.9 Å². The quantitative estimate of drug-likeness (QED) is 0.871. The Balaban J connectivity index is 2.12. The number of pyridine rings is 1. The number of halogens is 1. The van der Waals surface area contributed by atoms with Gasteiger partial charge in [-0.3, -0.25) is 4.79 Å². The Morgan fingerprint density at radius 2 is 2.30 bits per heavy atom. The van der Waals surface area contributed by atoms with Gasteiger partial charge in [-0.1, -0.05) is 20.3 Å². The lowest BCUT2D eigenvalue weighted by atomic mass is 10.1. The first kappa shape index (κ1) is 14.8. The predicted molar refractivity (Wildman–Crippen MR) is 77.2 cm³/mol. The lowest BCUT2D eigenvalue weighted by Gasteiger charge is -2.18. The van der Waals surface area contributed by atoms with Crippen molar-refractivity contribution in [1.82, 2.24) is 10.3 Å². The second-order valence-corrected chi connectivity index (χ2v) is 5.46. The minimum absolute atomic E-state index is 0.185. The largest absolute Gasteiger partial charge is 0.369 e. The lowest BCUT2D eigenvalue weighted by molar-refractivity contribution is 0.0929. The topological polar surface area (TPSA) is 54.0 Å². The van der Waals surface area contributed by atoms with Crippen molar-refractivity contribution < 1.29 is 9.18 Å². The second-order valence-electron chi connectivity index (χ2n) is 5.46. The van der Waals surface area contributed by atoms with Crippen molar-refractivity contribution in [2.75, 3.05) is 11.9 Å². The van der Waals surface area contributed by atoms with Gasteiger partial charge in [0.15, 0.2) is 0 Å². The smallest absolute Gasteiger partial charge is 0.255 e. The maximum atomic E-state index is 13.3. The molecule has 1 aliphatic rings. The van der Waals surface area contributed by atoms with Crippen LogP contribution in [0.15, 0.2) is 12.3 Å². The molecule has 2 atom stereocenters. The average Bonchev–Trinajstić information content (AvgIpc) is 2.83. The minimum Gasteiger partial charge on any atom is -0.369 e. The average molecular weight is 279 g/mol. The van der Waals surface area contributed by atoms with Crippen LogP contribution in [0.25, 0.3) is 0 Å². The van der Waals surface area contributed by atoms with E-state index in [2.05, 4.69) is 22.5 Å². The van der Waals surface area contributed by atoms with Gasteiger partial charge in [0.1, 0.15) is 11.6 Å². The van der Waals surface area contributed by atoms with Crippen molar-refractivity contribution in [2.24, 2.45) is 5.92 Å². The van der Waals surface area contributed by atoms with Crippen LogP contribution in [0, 0.1) is 11.7 Å². The summed E-state index contributed by atoms with van der Waals surface area (Å²) in [7, 11) is 0. The molecule has 2 unspecified atom stereocenters. The van der Waals surface area contributed by atoms with Crippen LogP contribution in [-0.2, 0) is 0 Å². The molecular formula is C15H22FN3O. The van der Waals surface area contributed by atoms with Crippen LogP contribution in [0.2, 0.25) is 0 Å². The third kappa shape index (κ3) is 3.46. The number of aromatic nitrogens is 1. The molecule has 110 valence electrons. The molecule has 1 amide bonds. The van der Waals surface area contributed by atoms with Gasteiger partial charge in [0.25, 0.3) is 5.91 Å². The molecule has 1 aliphatic carbocycles. The van der Waals surface area contributed by atoms with E-state index in [4.69, 9.17) is 0 Å². The number of nitrogens with one attached hydrogen (secondary N) is 2. The van der Waals surface area contributed by atoms with Crippen LogP contribution in [-0.4, -0.2) is 23.5 Å². The molecule has 1 fully saturated rings. The van der Waals surface area contributed by atoms with E-state index in [0.29, 0.717) is 18.3 Å². The van der Waals surface area contributed by atoms with E-state index in [-0.39, 0.29) is 17.5 Å². The molecule has 2 N–H and O–H groups in total. The van der Waals surface area contributed by atoms with Crippen LogP contribution in [0.1, 0.15) is 49.9 Å². The van der Waals surface area contributed by atoms with Crippen molar-refractivity contribution >= 4 is 11.7 Å². The molecule has 0 bridgehead atoms. The Labute approximate surface area is 119 Å². The highest BCUT2D eigenvalue weighted by atomic mass is 19.1. The van der Waals surface area contributed by atoms with Crippen molar-refractivity contribution in [1.29, 1.82) is 0 Å². The fourth-order valence-electron chi connectivity index (χ4n) is 2.60. The molecule has 1 aromatic heterocycles. The van der Waals surface area contributed by atoms with Gasteiger partial charge in [-0.15, -0.1) is 0 Å². The molecule has 0 aliphatic heterocycles. The summed E-state index contributed by atoms with van der Waals surface area (Å²) in [4.78, 5) is 16.3. The van der Waals surface area contributed by atoms with Crippen molar-refractivity contribution in [3.63, 3.8) is 0 Å². The molecule has 20 heavy (non-hydrogen) atoms. The number of carbonyl (C=O) groups is 1. The number of amides is 1. The number of anilines is 1. The standard InChI is InChI=1S/C15H22FN3O/c1-3-7-17-14-12(8-11(16)9-18-14)15(20)19-13-6-4-5-10(13)2/h8-10,13H,3-7H2,1-2H3,(H,17,18)(H,19,20). The fourth-order valence-corrected chi connectivity index (χ4v) is 2.60. The second kappa shape index (κ2) is 6.68. The molecule has 1 aromatic rings. The molecule has 0 aromatic carbocycles. The third-order valence-electron chi connectivity index (χ3n) is 3.82. The van der Waals surface area contributed by atoms with Gasteiger partial charge in [-0.05, 0) is 31.2 Å². The summed E-state index contributed by atoms with van der Waals surface area (Å²) in [5.74, 6) is 0.204. The highest BCUT2D eigenvalue weighted by Crippen LogP contribution is 2.25. The summed E-state index contributed by atoms with van der Waals surface area (Å²) >= 11 is 0. The molecule has 4 nitrogen and oxygen atoms in total. The third-order valence-corrected chi connectivity index (χ3v) is 3.82. The van der Waals surface area contributed by atoms with Crippen LogP contribution in [0.5, 0.6) is 0 Å². The summed E-state index contributed by atoms with van der Waals surface area (Å²) in [5.41, 5.74) is 0.289. The van der Waals surface area contributed by atoms with Crippen LogP contribution < -0.4 is 10.6 Å². The minimum atomic E-state index is -0.489. The van der Waals surface area contributed by atoms with E-state index < -0.39 is 5.82 Å². The van der Waals surface area contributed by atoms with Crippen LogP contribution >= 0.6 is 0 Å². The highest BCUT2D eigenvalue weighted by Gasteiger charge is 2.26. The predicted octanol–water partition coefficient (Wildman–Crippen LogP) is 2.96. The number of carbonyl (C=O) groups excluding carboxylic acids is 1. The van der Waals surface area contributed by atoms with Crippen molar-refractivity contribution in [3.8, 4) is 0 Å². The van der Waals surface area contributed by atoms with Gasteiger partial charge in [0.05, 0.1) is 11.8 Å². The summed E-state index contributed by atoms with van der Waals surface area (Å²) in [6.45, 7) is 4.87. The number of hydrogen-bond acceptors (Lipinski definition) is 3. The monoisotopic (exact) mass is 279 g/mol. The van der Waals surface area contributed by atoms with E-state index in [9.17, 15) is 9.18 Å². The zero-order valence-corrected chi connectivity index (χ0v) is 12.1. The Kier molecular flexibility index (Phi) is 4.93. The van der Waals surface area contributed by atoms with Gasteiger partial charge in [-0.2, -0.15) is 0 Å². The summed E-state index contributed by atoms with van der Waals surface area (Å²) in [5, 5.41) is 6.07. The molecule has 5 heteroatoms. The molecule has 0 radical (unpaired) electrons. The number of hydrogen-bond donors (Lipinski definition) is 2. The number of nitrogens with zero attached hydrogens (tertiary/aromatic N) is 1. The van der Waals surface area contributed by atoms with E-state index in [1.54, 1.807) is 0 Å². The maximum absolute atomic E-state index is 13.3. The van der Waals surface area contributed by atoms with Crippen LogP contribution in [0.3, 0.4) is 0 Å². The molecule has 0 saturated heterocycles. The Hall–Kier alpha value is -1.65. The summed E-state index contributed by atoms with van der Waals surface area (Å²) in [6, 6.07) is 1.43. The zero-order valence-electron chi connectivity index (χ0n) is 12.1. The SMILES string of the molecule is CCCNc1ncc(F)cc1C(=O)NC1CCCC1C. The van der Waals surface area contributed by atoms with Gasteiger partial charge in [-0.25, -0.2) is 9.37 Å². The van der Waals surface area contributed by atoms with Gasteiger partial charge in [0, 0.05) is 12.6 Å². The van der Waals surface area contributed by atoms with Crippen molar-refractivity contribution in [2.45, 2.75) is 45.6 Å². The molecule has 1 heterocycles. The molecular weight excluding hydrogens is 257 g/mol. The van der Waals surface area contributed by atoms with E-state index in [1.807, 2.05) is 6.92 Å². The maximum Gasteiger partial charge on any atom is 0.255 e. The fraction of sp³-hybridized carbons (Fsp3) is 0.600. The number of rotatable bonds is 5. The molecule has 1 saturated carbocycles. The normalized spacial score (nSPS) is 21.8.